The molecule has 324 valence electrons. The maximum atomic E-state index is 13.8. The molecule has 62 heavy (non-hydrogen) atoms. The summed E-state index contributed by atoms with van der Waals surface area (Å²) in [6, 6.07) is 20.8. The summed E-state index contributed by atoms with van der Waals surface area (Å²) in [6.45, 7) is 3.43. The second-order valence-corrected chi connectivity index (χ2v) is 15.7. The van der Waals surface area contributed by atoms with Crippen LogP contribution in [0, 0.1) is 16.0 Å². The molecule has 0 spiro atoms. The fourth-order valence-corrected chi connectivity index (χ4v) is 7.44. The molecule has 0 heterocycles. The van der Waals surface area contributed by atoms with Crippen molar-refractivity contribution in [2.45, 2.75) is 56.7 Å². The van der Waals surface area contributed by atoms with Crippen LogP contribution in [0.15, 0.2) is 91.0 Å². The van der Waals surface area contributed by atoms with Crippen molar-refractivity contribution >= 4 is 51.9 Å². The Morgan fingerprint density at radius 1 is 0.935 bits per heavy atom. The van der Waals surface area contributed by atoms with Gasteiger partial charge in [0.2, 0.25) is 11.8 Å². The van der Waals surface area contributed by atoms with Crippen LogP contribution in [-0.4, -0.2) is 73.5 Å². The van der Waals surface area contributed by atoms with Gasteiger partial charge in [-0.25, -0.2) is 9.59 Å². The number of nitrogens with two attached hydrogens (primary N) is 1. The topological polar surface area (TPSA) is 285 Å². The number of hydrogen-bond acceptors (Lipinski definition) is 12. The third-order valence-electron chi connectivity index (χ3n) is 9.64. The zero-order valence-electron chi connectivity index (χ0n) is 34.9. The molecule has 1 unspecified atom stereocenters. The number of nitro groups is 1. The van der Waals surface area contributed by atoms with E-state index in [1.165, 1.54) is 30.3 Å². The first-order chi connectivity index (χ1) is 29.0. The van der Waals surface area contributed by atoms with Crippen molar-refractivity contribution in [3.63, 3.8) is 0 Å². The maximum absolute atomic E-state index is 13.8. The van der Waals surface area contributed by atoms with Gasteiger partial charge in [0.15, 0.2) is 0 Å². The predicted octanol–water partition coefficient (Wildman–Crippen LogP) is 1.78. The number of amides is 5. The van der Waals surface area contributed by atoms with Crippen LogP contribution in [0.1, 0.15) is 62.6 Å². The second kappa shape index (κ2) is 22.2. The molecular formula is C41H45N6NaO13S. The van der Waals surface area contributed by atoms with E-state index in [2.05, 4.69) is 21.3 Å². The Labute approximate surface area is 380 Å². The molecule has 0 saturated carbocycles. The standard InChI is InChI=1S/C41H44N6O13S.Na.H/c1-24(2)36(46-41(52)58-21-34-32-10-5-3-8-30(32)31-9-4-6-11-33(31)34)38(50)45-35(12-7-19-43-40(42)51)37(49)44-26-13-18-29(25(20-26)22-61(55,56)57)39(59-23-48)60-28-16-14-27(15-17-28)47(53)54;;/h3-6,8-11,13-18,20,23-24,34-36,39H,7,12,19,21-22H2,1-2H3,(H,44,49)(H,45,50)(H,46,52)(H3,42,43,51)(H,55,56,57);;/q;+1;-1/t35-,36-,39?;;/m0../s1. The summed E-state index contributed by atoms with van der Waals surface area (Å²) in [7, 11) is -4.73. The van der Waals surface area contributed by atoms with Crippen LogP contribution in [0.25, 0.3) is 11.1 Å². The van der Waals surface area contributed by atoms with Crippen molar-refractivity contribution in [1.29, 1.82) is 0 Å². The van der Waals surface area contributed by atoms with Crippen LogP contribution in [0.3, 0.4) is 0 Å². The Balaban J connectivity index is 0.00000528. The van der Waals surface area contributed by atoms with Crippen LogP contribution >= 0.6 is 0 Å². The number of carbonyl (C=O) groups excluding carboxylic acids is 5. The van der Waals surface area contributed by atoms with Crippen molar-refractivity contribution in [3.05, 3.63) is 123 Å². The van der Waals surface area contributed by atoms with Gasteiger partial charge >= 0.3 is 41.7 Å². The van der Waals surface area contributed by atoms with E-state index in [0.717, 1.165) is 34.4 Å². The maximum Gasteiger partial charge on any atom is 1.00 e. The molecule has 19 nitrogen and oxygen atoms in total. The average molecular weight is 885 g/mol. The number of rotatable bonds is 20. The average Bonchev–Trinajstić information content (AvgIpc) is 3.53. The number of alkyl carbamates (subject to hydrolysis) is 1. The van der Waals surface area contributed by atoms with E-state index >= 15 is 0 Å². The first kappa shape index (κ1) is 48.6. The number of carbonyl (C=O) groups is 5. The Bertz CT molecular complexity index is 2350. The largest absolute Gasteiger partial charge is 1.00 e. The van der Waals surface area contributed by atoms with Crippen LogP contribution in [-0.2, 0) is 39.7 Å². The van der Waals surface area contributed by atoms with Crippen molar-refractivity contribution in [3.8, 4) is 16.9 Å². The van der Waals surface area contributed by atoms with Crippen molar-refractivity contribution in [1.82, 2.24) is 16.0 Å². The Morgan fingerprint density at radius 2 is 1.56 bits per heavy atom. The number of primary amides is 1. The van der Waals surface area contributed by atoms with Crippen LogP contribution < -0.4 is 61.3 Å². The summed E-state index contributed by atoms with van der Waals surface area (Å²) in [5, 5.41) is 21.3. The minimum Gasteiger partial charge on any atom is -1.00 e. The number of nitro benzene ring substituents is 1. The number of anilines is 1. The molecule has 1 aliphatic carbocycles. The number of fused-ring (bicyclic) bond motifs is 3. The molecule has 0 aliphatic heterocycles. The molecule has 0 aromatic heterocycles. The molecule has 21 heteroatoms. The molecular weight excluding hydrogens is 840 g/mol. The monoisotopic (exact) mass is 884 g/mol. The zero-order chi connectivity index (χ0) is 44.3. The number of nitrogens with one attached hydrogen (secondary N) is 4. The predicted molar refractivity (Wildman–Crippen MR) is 221 cm³/mol. The zero-order valence-corrected chi connectivity index (χ0v) is 36.8. The van der Waals surface area contributed by atoms with E-state index in [9.17, 15) is 47.1 Å². The van der Waals surface area contributed by atoms with Gasteiger partial charge in [-0.05, 0) is 76.9 Å². The van der Waals surface area contributed by atoms with Gasteiger partial charge in [0.25, 0.3) is 28.6 Å². The normalized spacial score (nSPS) is 13.2. The van der Waals surface area contributed by atoms with Gasteiger partial charge in [0, 0.05) is 35.8 Å². The number of ether oxygens (including phenoxy) is 3. The fourth-order valence-electron chi connectivity index (χ4n) is 6.80. The van der Waals surface area contributed by atoms with E-state index in [0.29, 0.717) is 0 Å². The second-order valence-electron chi connectivity index (χ2n) is 14.2. The third kappa shape index (κ3) is 13.2. The summed E-state index contributed by atoms with van der Waals surface area (Å²) in [4.78, 5) is 74.0. The third-order valence-corrected chi connectivity index (χ3v) is 10.3. The first-order valence-corrected chi connectivity index (χ1v) is 20.5. The number of nitrogens with zero attached hydrogens (tertiary/aromatic N) is 1. The van der Waals surface area contributed by atoms with Crippen LogP contribution in [0.2, 0.25) is 0 Å². The minimum absolute atomic E-state index is 0. The van der Waals surface area contributed by atoms with Gasteiger partial charge in [0.1, 0.15) is 30.2 Å². The molecule has 0 radical (unpaired) electrons. The van der Waals surface area contributed by atoms with Gasteiger partial charge in [0.05, 0.1) is 4.92 Å². The summed E-state index contributed by atoms with van der Waals surface area (Å²) in [5.74, 6) is -3.25. The van der Waals surface area contributed by atoms with Gasteiger partial charge in [-0.3, -0.25) is 29.1 Å². The van der Waals surface area contributed by atoms with Crippen LogP contribution in [0.5, 0.6) is 5.75 Å². The molecule has 5 amide bonds. The molecule has 4 aromatic rings. The SMILES string of the molecule is CC(C)[C@H](NC(=O)OCC1c2ccccc2-c2ccccc21)C(=O)N[C@@H](CCCNC(N)=O)C(=O)Nc1ccc(C(OC=O)Oc2ccc([N+](=O)[O-])cc2)c(CS(=O)(=O)O)c1.[H-].[Na+]. The van der Waals surface area contributed by atoms with E-state index in [4.69, 9.17) is 19.9 Å². The van der Waals surface area contributed by atoms with E-state index in [-0.39, 0.29) is 97.6 Å². The van der Waals surface area contributed by atoms with Gasteiger partial charge in [-0.1, -0.05) is 62.4 Å². The molecule has 1 aliphatic rings. The van der Waals surface area contributed by atoms with E-state index < -0.39 is 69.0 Å². The molecule has 4 aromatic carbocycles. The summed E-state index contributed by atoms with van der Waals surface area (Å²) >= 11 is 0. The molecule has 0 fully saturated rings. The van der Waals surface area contributed by atoms with Gasteiger partial charge in [-0.2, -0.15) is 8.42 Å². The molecule has 5 rings (SSSR count). The van der Waals surface area contributed by atoms with Gasteiger partial charge in [-0.15, -0.1) is 0 Å². The number of hydrogen-bond donors (Lipinski definition) is 6. The minimum atomic E-state index is -4.73. The molecule has 3 atom stereocenters. The molecule has 0 saturated heterocycles. The van der Waals surface area contributed by atoms with Crippen molar-refractivity contribution in [2.24, 2.45) is 11.7 Å². The Hall–Kier alpha value is -6.06. The fraction of sp³-hybridized carbons (Fsp3) is 0.293. The molecule has 0 bridgehead atoms. The van der Waals surface area contributed by atoms with E-state index in [1.807, 2.05) is 48.5 Å². The summed E-state index contributed by atoms with van der Waals surface area (Å²) in [5.41, 5.74) is 8.75. The number of benzene rings is 4. The quantitative estimate of drug-likeness (QED) is 0.0141. The van der Waals surface area contributed by atoms with Gasteiger partial charge < -0.3 is 42.6 Å². The van der Waals surface area contributed by atoms with Crippen molar-refractivity contribution < 1.29 is 87.1 Å². The summed E-state index contributed by atoms with van der Waals surface area (Å²) in [6.07, 6.45) is -2.35. The van der Waals surface area contributed by atoms with Crippen LogP contribution in [0.4, 0.5) is 21.0 Å². The number of non-ortho nitro benzene ring substituents is 1. The first-order valence-electron chi connectivity index (χ1n) is 18.9. The molecule has 7 N–H and O–H groups in total. The smallest absolute Gasteiger partial charge is 1.00 e. The number of urea groups is 1. The summed E-state index contributed by atoms with van der Waals surface area (Å²) < 4.78 is 50.3. The Morgan fingerprint density at radius 3 is 2.13 bits per heavy atom. The van der Waals surface area contributed by atoms with E-state index in [1.54, 1.807) is 13.8 Å². The van der Waals surface area contributed by atoms with Crippen molar-refractivity contribution in [2.75, 3.05) is 18.5 Å². The Kier molecular flexibility index (Phi) is 17.4.